The van der Waals surface area contributed by atoms with Crippen LogP contribution in [0.3, 0.4) is 0 Å². The Morgan fingerprint density at radius 1 is 1.19 bits per heavy atom. The minimum Gasteiger partial charge on any atom is -0.488 e. The molecule has 3 amide bonds. The number of likely N-dealkylation sites (N-methyl/N-ethyl adjacent to an activating group) is 1. The highest BCUT2D eigenvalue weighted by Gasteiger charge is 2.31. The zero-order chi connectivity index (χ0) is 30.6. The summed E-state index contributed by atoms with van der Waals surface area (Å²) in [5.41, 5.74) is 3.22. The Labute approximate surface area is 255 Å². The van der Waals surface area contributed by atoms with Crippen molar-refractivity contribution in [2.24, 2.45) is 5.92 Å². The molecule has 3 atom stereocenters. The lowest BCUT2D eigenvalue weighted by Gasteiger charge is -2.34. The van der Waals surface area contributed by atoms with Crippen molar-refractivity contribution >= 4 is 46.5 Å². The van der Waals surface area contributed by atoms with Crippen LogP contribution in [0.25, 0.3) is 0 Å². The third kappa shape index (κ3) is 7.74. The van der Waals surface area contributed by atoms with Gasteiger partial charge in [0, 0.05) is 36.8 Å². The molecule has 0 fully saturated rings. The molecule has 42 heavy (non-hydrogen) atoms. The van der Waals surface area contributed by atoms with Crippen LogP contribution in [0.1, 0.15) is 36.4 Å². The normalized spacial score (nSPS) is 18.0. The molecule has 4 rings (SSSR count). The molecule has 0 saturated heterocycles. The number of benzene rings is 2. The summed E-state index contributed by atoms with van der Waals surface area (Å²) in [6.07, 6.45) is -0.225. The van der Waals surface area contributed by atoms with Gasteiger partial charge in [-0.25, -0.2) is 4.79 Å². The zero-order valence-corrected chi connectivity index (χ0v) is 25.9. The van der Waals surface area contributed by atoms with E-state index in [1.165, 1.54) is 0 Å². The van der Waals surface area contributed by atoms with Crippen LogP contribution in [0.15, 0.2) is 40.9 Å². The fourth-order valence-corrected chi connectivity index (χ4v) is 5.30. The van der Waals surface area contributed by atoms with E-state index in [1.807, 2.05) is 33.0 Å². The molecular weight excluding hydrogens is 581 g/mol. The second kappa shape index (κ2) is 13.8. The first kappa shape index (κ1) is 31.6. The highest BCUT2D eigenvalue weighted by Crippen LogP contribution is 2.30. The average molecular weight is 619 g/mol. The molecule has 12 heteroatoms. The monoisotopic (exact) mass is 617 g/mol. The highest BCUT2D eigenvalue weighted by atomic mass is 35.5. The molecule has 0 saturated carbocycles. The van der Waals surface area contributed by atoms with Crippen molar-refractivity contribution in [3.8, 4) is 5.75 Å². The first-order chi connectivity index (χ1) is 19.9. The number of nitrogens with zero attached hydrogens (tertiary/aromatic N) is 3. The summed E-state index contributed by atoms with van der Waals surface area (Å²) in [5.74, 6) is 0.885. The molecule has 0 unspecified atom stereocenters. The summed E-state index contributed by atoms with van der Waals surface area (Å²) in [7, 11) is 2.00. The Bertz CT molecular complexity index is 1410. The lowest BCUT2D eigenvalue weighted by atomic mass is 10.0. The molecule has 2 heterocycles. The van der Waals surface area contributed by atoms with Gasteiger partial charge in [0.25, 0.3) is 0 Å². The van der Waals surface area contributed by atoms with Crippen molar-refractivity contribution in [2.45, 2.75) is 52.8 Å². The SMILES string of the molecule is Cc1noc(C)c1NC(=O)Nc1ccc2c(c1)CC(=O)N([C@H](C)CO)C[C@@H](C)[C@H](CN(C)Cc1ccc(Cl)c(Cl)c1)O2. The van der Waals surface area contributed by atoms with Gasteiger partial charge < -0.3 is 29.9 Å². The van der Waals surface area contributed by atoms with Crippen molar-refractivity contribution in [1.82, 2.24) is 15.0 Å². The van der Waals surface area contributed by atoms with Crippen LogP contribution in [0.4, 0.5) is 16.2 Å². The number of hydrogen-bond acceptors (Lipinski definition) is 7. The number of nitrogens with one attached hydrogen (secondary N) is 2. The first-order valence-electron chi connectivity index (χ1n) is 13.8. The maximum absolute atomic E-state index is 13.5. The quantitative estimate of drug-likeness (QED) is 0.304. The van der Waals surface area contributed by atoms with Gasteiger partial charge in [0.15, 0.2) is 5.76 Å². The van der Waals surface area contributed by atoms with E-state index in [1.54, 1.807) is 43.0 Å². The smallest absolute Gasteiger partial charge is 0.323 e. The van der Waals surface area contributed by atoms with E-state index in [9.17, 15) is 14.7 Å². The van der Waals surface area contributed by atoms with Gasteiger partial charge in [-0.15, -0.1) is 0 Å². The summed E-state index contributed by atoms with van der Waals surface area (Å²) < 4.78 is 11.7. The minimum absolute atomic E-state index is 0.0521. The number of carbonyl (C=O) groups excluding carboxylic acids is 2. The van der Waals surface area contributed by atoms with Crippen LogP contribution in [-0.2, 0) is 17.8 Å². The molecular formula is C30H37Cl2N5O5. The number of aryl methyl sites for hydroxylation is 2. The summed E-state index contributed by atoms with van der Waals surface area (Å²) in [6, 6.07) is 10.00. The Morgan fingerprint density at radius 2 is 1.95 bits per heavy atom. The number of halogens is 2. The summed E-state index contributed by atoms with van der Waals surface area (Å²) >= 11 is 12.3. The van der Waals surface area contributed by atoms with Gasteiger partial charge in [-0.3, -0.25) is 9.69 Å². The van der Waals surface area contributed by atoms with Crippen molar-refractivity contribution in [3.63, 3.8) is 0 Å². The van der Waals surface area contributed by atoms with E-state index in [2.05, 4.69) is 20.7 Å². The van der Waals surface area contributed by atoms with Crippen LogP contribution in [0, 0.1) is 19.8 Å². The topological polar surface area (TPSA) is 120 Å². The number of rotatable bonds is 8. The lowest BCUT2D eigenvalue weighted by Crippen LogP contribution is -2.47. The second-order valence-electron chi connectivity index (χ2n) is 10.9. The Kier molecular flexibility index (Phi) is 10.4. The van der Waals surface area contributed by atoms with Crippen molar-refractivity contribution in [2.75, 3.05) is 37.4 Å². The van der Waals surface area contributed by atoms with Crippen LogP contribution in [-0.4, -0.2) is 70.9 Å². The Morgan fingerprint density at radius 3 is 2.62 bits per heavy atom. The molecule has 0 spiro atoms. The van der Waals surface area contributed by atoms with E-state index in [4.69, 9.17) is 32.5 Å². The Hall–Kier alpha value is -3.31. The first-order valence-corrected chi connectivity index (χ1v) is 14.5. The lowest BCUT2D eigenvalue weighted by molar-refractivity contribution is -0.134. The minimum atomic E-state index is -0.467. The molecule has 3 N–H and O–H groups in total. The number of aliphatic hydroxyl groups excluding tert-OH is 1. The van der Waals surface area contributed by atoms with Crippen LogP contribution < -0.4 is 15.4 Å². The molecule has 0 aliphatic carbocycles. The molecule has 0 bridgehead atoms. The predicted molar refractivity (Wildman–Crippen MR) is 163 cm³/mol. The Balaban J connectivity index is 1.57. The van der Waals surface area contributed by atoms with Gasteiger partial charge in [-0.2, -0.15) is 0 Å². The molecule has 1 aliphatic rings. The van der Waals surface area contributed by atoms with Gasteiger partial charge in [-0.1, -0.05) is 41.3 Å². The zero-order valence-electron chi connectivity index (χ0n) is 24.4. The van der Waals surface area contributed by atoms with Crippen LogP contribution in [0.2, 0.25) is 10.0 Å². The molecule has 1 aromatic heterocycles. The highest BCUT2D eigenvalue weighted by molar-refractivity contribution is 6.42. The molecule has 0 radical (unpaired) electrons. The molecule has 2 aromatic carbocycles. The summed E-state index contributed by atoms with van der Waals surface area (Å²) in [5, 5.41) is 20.3. The largest absolute Gasteiger partial charge is 0.488 e. The number of carbonyl (C=O) groups is 2. The maximum Gasteiger partial charge on any atom is 0.323 e. The number of aromatic nitrogens is 1. The number of anilines is 2. The number of aliphatic hydroxyl groups is 1. The summed E-state index contributed by atoms with van der Waals surface area (Å²) in [4.78, 5) is 30.1. The van der Waals surface area contributed by atoms with E-state index >= 15 is 0 Å². The van der Waals surface area contributed by atoms with E-state index < -0.39 is 6.03 Å². The van der Waals surface area contributed by atoms with Gasteiger partial charge in [0.1, 0.15) is 23.2 Å². The van der Waals surface area contributed by atoms with Crippen LogP contribution in [0.5, 0.6) is 5.75 Å². The van der Waals surface area contributed by atoms with Crippen molar-refractivity contribution < 1.29 is 24.0 Å². The van der Waals surface area contributed by atoms with E-state index in [0.29, 0.717) is 63.8 Å². The average Bonchev–Trinajstić information content (AvgIpc) is 3.27. The maximum atomic E-state index is 13.5. The molecule has 1 aliphatic heterocycles. The second-order valence-corrected chi connectivity index (χ2v) is 11.7. The van der Waals surface area contributed by atoms with Crippen LogP contribution >= 0.6 is 23.2 Å². The molecule has 226 valence electrons. The van der Waals surface area contributed by atoms with Gasteiger partial charge in [-0.05, 0) is 63.7 Å². The fraction of sp³-hybridized carbons (Fsp3) is 0.433. The van der Waals surface area contributed by atoms with Gasteiger partial charge in [0.2, 0.25) is 5.91 Å². The van der Waals surface area contributed by atoms with E-state index in [0.717, 1.165) is 5.56 Å². The number of ether oxygens (including phenoxy) is 1. The van der Waals surface area contributed by atoms with Crippen molar-refractivity contribution in [1.29, 1.82) is 0 Å². The third-order valence-electron chi connectivity index (χ3n) is 7.37. The summed E-state index contributed by atoms with van der Waals surface area (Å²) in [6.45, 7) is 8.77. The molecule has 10 nitrogen and oxygen atoms in total. The van der Waals surface area contributed by atoms with Gasteiger partial charge >= 0.3 is 6.03 Å². The molecule has 3 aromatic rings. The van der Waals surface area contributed by atoms with Crippen molar-refractivity contribution in [3.05, 3.63) is 69.0 Å². The third-order valence-corrected chi connectivity index (χ3v) is 8.11. The number of hydrogen-bond donors (Lipinski definition) is 3. The standard InChI is InChI=1S/C30H37Cl2N5O5/c1-17-13-37(18(2)16-38)28(39)12-22-11-23(33-30(40)34-29-19(3)35-42-20(29)4)7-9-26(22)41-27(17)15-36(5)14-21-6-8-24(31)25(32)10-21/h6-11,17-18,27,38H,12-16H2,1-5H3,(H2,33,34,40)/t17-,18-,27+/m1/s1. The number of urea groups is 1. The number of amides is 3. The predicted octanol–water partition coefficient (Wildman–Crippen LogP) is 5.52. The number of fused-ring (bicyclic) bond motifs is 1. The van der Waals surface area contributed by atoms with E-state index in [-0.39, 0.29) is 37.0 Å². The fourth-order valence-electron chi connectivity index (χ4n) is 4.98. The van der Waals surface area contributed by atoms with Gasteiger partial charge in [0.05, 0.1) is 29.1 Å².